The van der Waals surface area contributed by atoms with E-state index in [-0.39, 0.29) is 0 Å². The predicted molar refractivity (Wildman–Crippen MR) is 101 cm³/mol. The number of para-hydroxylation sites is 1. The highest BCUT2D eigenvalue weighted by molar-refractivity contribution is 7.93. The molecule has 0 aliphatic rings. The zero-order valence-corrected chi connectivity index (χ0v) is 13.9. The zero-order valence-electron chi connectivity index (χ0n) is 13.1. The van der Waals surface area contributed by atoms with E-state index in [2.05, 4.69) is 6.58 Å². The fraction of sp³-hybridized carbons (Fsp3) is 0.0476. The fourth-order valence-corrected chi connectivity index (χ4v) is 3.90. The summed E-state index contributed by atoms with van der Waals surface area (Å²) in [7, 11) is -1.16. The van der Waals surface area contributed by atoms with Gasteiger partial charge in [-0.25, -0.2) is 0 Å². The molecule has 1 aromatic heterocycles. The van der Waals surface area contributed by atoms with Crippen molar-refractivity contribution in [1.29, 1.82) is 0 Å². The molecule has 0 unspecified atom stereocenters. The SMILES string of the molecule is C=C(c1ccc2oc3ccccc3c2c1)[S@@](=O)Cc1ccccc1. The van der Waals surface area contributed by atoms with Gasteiger partial charge in [-0.15, -0.1) is 0 Å². The Morgan fingerprint density at radius 2 is 1.58 bits per heavy atom. The van der Waals surface area contributed by atoms with Gasteiger partial charge in [-0.1, -0.05) is 61.2 Å². The average Bonchev–Trinajstić information content (AvgIpc) is 2.99. The van der Waals surface area contributed by atoms with Crippen LogP contribution in [0.5, 0.6) is 0 Å². The van der Waals surface area contributed by atoms with E-state index in [1.54, 1.807) is 0 Å². The lowest BCUT2D eigenvalue weighted by atomic mass is 10.1. The third-order valence-corrected chi connectivity index (χ3v) is 5.49. The van der Waals surface area contributed by atoms with Gasteiger partial charge in [0, 0.05) is 15.7 Å². The smallest absolute Gasteiger partial charge is 0.135 e. The second kappa shape index (κ2) is 6.10. The van der Waals surface area contributed by atoms with Gasteiger partial charge in [0.05, 0.1) is 16.6 Å². The normalized spacial score (nSPS) is 12.5. The van der Waals surface area contributed by atoms with E-state index in [0.29, 0.717) is 10.7 Å². The molecule has 3 heteroatoms. The molecule has 4 rings (SSSR count). The van der Waals surface area contributed by atoms with Crippen LogP contribution in [0.3, 0.4) is 0 Å². The van der Waals surface area contributed by atoms with Crippen LogP contribution in [0.15, 0.2) is 83.8 Å². The Kier molecular flexibility index (Phi) is 3.79. The van der Waals surface area contributed by atoms with Crippen LogP contribution >= 0.6 is 0 Å². The lowest BCUT2D eigenvalue weighted by Gasteiger charge is -2.06. The van der Waals surface area contributed by atoms with Crippen molar-refractivity contribution in [2.75, 3.05) is 0 Å². The first-order chi connectivity index (χ1) is 11.7. The molecule has 0 amide bonds. The first-order valence-electron chi connectivity index (χ1n) is 7.75. The van der Waals surface area contributed by atoms with E-state index >= 15 is 0 Å². The van der Waals surface area contributed by atoms with Crippen molar-refractivity contribution in [1.82, 2.24) is 0 Å². The number of furan rings is 1. The fourth-order valence-electron chi connectivity index (χ4n) is 2.84. The van der Waals surface area contributed by atoms with Crippen LogP contribution in [-0.4, -0.2) is 4.21 Å². The quantitative estimate of drug-likeness (QED) is 0.493. The molecule has 0 saturated heterocycles. The second-order valence-corrected chi connectivity index (χ2v) is 7.18. The topological polar surface area (TPSA) is 30.2 Å². The minimum atomic E-state index is -1.16. The van der Waals surface area contributed by atoms with E-state index in [4.69, 9.17) is 4.42 Å². The van der Waals surface area contributed by atoms with Crippen LogP contribution in [0.4, 0.5) is 0 Å². The second-order valence-electron chi connectivity index (χ2n) is 5.71. The van der Waals surface area contributed by atoms with Gasteiger partial charge in [-0.2, -0.15) is 0 Å². The molecular formula is C21H16O2S. The minimum absolute atomic E-state index is 0.476. The van der Waals surface area contributed by atoms with Gasteiger partial charge in [-0.05, 0) is 29.3 Å². The Balaban J connectivity index is 1.69. The van der Waals surface area contributed by atoms with Gasteiger partial charge in [0.25, 0.3) is 0 Å². The van der Waals surface area contributed by atoms with Crippen molar-refractivity contribution in [2.24, 2.45) is 0 Å². The van der Waals surface area contributed by atoms with Crippen LogP contribution in [0, 0.1) is 0 Å². The molecule has 118 valence electrons. The highest BCUT2D eigenvalue weighted by atomic mass is 32.2. The molecule has 0 saturated carbocycles. The summed E-state index contributed by atoms with van der Waals surface area (Å²) < 4.78 is 18.5. The molecule has 3 aromatic carbocycles. The van der Waals surface area contributed by atoms with Crippen LogP contribution in [0.1, 0.15) is 11.1 Å². The van der Waals surface area contributed by atoms with Gasteiger partial charge in [0.15, 0.2) is 0 Å². The molecule has 1 heterocycles. The molecule has 0 radical (unpaired) electrons. The van der Waals surface area contributed by atoms with Crippen LogP contribution < -0.4 is 0 Å². The van der Waals surface area contributed by atoms with Crippen molar-refractivity contribution < 1.29 is 8.63 Å². The number of fused-ring (bicyclic) bond motifs is 3. The standard InChI is InChI=1S/C21H16O2S/c1-15(24(22)14-16-7-3-2-4-8-16)17-11-12-21-19(13-17)18-9-5-6-10-20(18)23-21/h2-13H,1,14H2/t24-/m0/s1. The predicted octanol–water partition coefficient (Wildman–Crippen LogP) is 5.51. The molecule has 1 atom stereocenters. The summed E-state index contributed by atoms with van der Waals surface area (Å²) in [5.74, 6) is 0.476. The molecule has 0 N–H and O–H groups in total. The first-order valence-corrected chi connectivity index (χ1v) is 9.07. The molecule has 0 aliphatic heterocycles. The number of hydrogen-bond acceptors (Lipinski definition) is 2. The van der Waals surface area contributed by atoms with E-state index in [0.717, 1.165) is 33.1 Å². The monoisotopic (exact) mass is 332 g/mol. The first kappa shape index (κ1) is 14.9. The molecular weight excluding hydrogens is 316 g/mol. The number of rotatable bonds is 4. The Bertz CT molecular complexity index is 1060. The summed E-state index contributed by atoms with van der Waals surface area (Å²) >= 11 is 0. The van der Waals surface area contributed by atoms with E-state index < -0.39 is 10.8 Å². The van der Waals surface area contributed by atoms with Gasteiger partial charge in [0.1, 0.15) is 11.2 Å². The Morgan fingerprint density at radius 3 is 2.42 bits per heavy atom. The lowest BCUT2D eigenvalue weighted by molar-refractivity contribution is 0.669. The van der Waals surface area contributed by atoms with E-state index in [1.165, 1.54) is 0 Å². The van der Waals surface area contributed by atoms with Gasteiger partial charge < -0.3 is 4.42 Å². The maximum Gasteiger partial charge on any atom is 0.135 e. The molecule has 0 fully saturated rings. The Hall–Kier alpha value is -2.65. The lowest BCUT2D eigenvalue weighted by Crippen LogP contribution is -1.97. The van der Waals surface area contributed by atoms with Crippen molar-refractivity contribution >= 4 is 37.6 Å². The summed E-state index contributed by atoms with van der Waals surface area (Å²) in [6, 6.07) is 23.7. The third-order valence-electron chi connectivity index (χ3n) is 4.11. The van der Waals surface area contributed by atoms with Crippen molar-refractivity contribution in [2.45, 2.75) is 5.75 Å². The van der Waals surface area contributed by atoms with Crippen LogP contribution in [0.25, 0.3) is 26.8 Å². The molecule has 4 aromatic rings. The van der Waals surface area contributed by atoms with Gasteiger partial charge in [-0.3, -0.25) is 4.21 Å². The summed E-state index contributed by atoms with van der Waals surface area (Å²) in [6.45, 7) is 4.06. The molecule has 0 aliphatic carbocycles. The average molecular weight is 332 g/mol. The Morgan fingerprint density at radius 1 is 0.875 bits per heavy atom. The van der Waals surface area contributed by atoms with Crippen molar-refractivity contribution in [3.05, 3.63) is 90.5 Å². The molecule has 0 bridgehead atoms. The molecule has 0 spiro atoms. The van der Waals surface area contributed by atoms with E-state index in [9.17, 15) is 4.21 Å². The van der Waals surface area contributed by atoms with Crippen LogP contribution in [-0.2, 0) is 16.6 Å². The maximum atomic E-state index is 12.6. The molecule has 24 heavy (non-hydrogen) atoms. The van der Waals surface area contributed by atoms with Crippen molar-refractivity contribution in [3.63, 3.8) is 0 Å². The zero-order chi connectivity index (χ0) is 16.5. The Labute approximate surface area is 142 Å². The highest BCUT2D eigenvalue weighted by Crippen LogP contribution is 2.31. The van der Waals surface area contributed by atoms with Gasteiger partial charge in [0.2, 0.25) is 0 Å². The summed E-state index contributed by atoms with van der Waals surface area (Å²) in [5, 5.41) is 2.09. The number of hydrogen-bond donors (Lipinski definition) is 0. The summed E-state index contributed by atoms with van der Waals surface area (Å²) in [6.07, 6.45) is 0. The van der Waals surface area contributed by atoms with Gasteiger partial charge >= 0.3 is 0 Å². The third kappa shape index (κ3) is 2.68. The van der Waals surface area contributed by atoms with Crippen LogP contribution in [0.2, 0.25) is 0 Å². The summed E-state index contributed by atoms with van der Waals surface area (Å²) in [4.78, 5) is 0.644. The van der Waals surface area contributed by atoms with Crippen molar-refractivity contribution in [3.8, 4) is 0 Å². The summed E-state index contributed by atoms with van der Waals surface area (Å²) in [5.41, 5.74) is 3.64. The highest BCUT2D eigenvalue weighted by Gasteiger charge is 2.12. The maximum absolute atomic E-state index is 12.6. The minimum Gasteiger partial charge on any atom is -0.456 e. The molecule has 2 nitrogen and oxygen atoms in total. The number of benzene rings is 3. The largest absolute Gasteiger partial charge is 0.456 e. The van der Waals surface area contributed by atoms with E-state index in [1.807, 2.05) is 72.8 Å².